The third-order valence-corrected chi connectivity index (χ3v) is 6.70. The Labute approximate surface area is 193 Å². The van der Waals surface area contributed by atoms with Crippen molar-refractivity contribution in [3.05, 3.63) is 63.0 Å². The lowest BCUT2D eigenvalue weighted by atomic mass is 9.93. The highest BCUT2D eigenvalue weighted by Crippen LogP contribution is 2.34. The van der Waals surface area contributed by atoms with Crippen LogP contribution in [0, 0.1) is 24.0 Å². The van der Waals surface area contributed by atoms with Crippen LogP contribution in [0.3, 0.4) is 0 Å². The van der Waals surface area contributed by atoms with Gasteiger partial charge in [0.05, 0.1) is 28.1 Å². The lowest BCUT2D eigenvalue weighted by molar-refractivity contribution is -0.384. The second-order valence-electron chi connectivity index (χ2n) is 7.91. The van der Waals surface area contributed by atoms with Gasteiger partial charge in [-0.05, 0) is 25.3 Å². The Morgan fingerprint density at radius 1 is 1.15 bits per heavy atom. The fraction of sp³-hybridized carbons (Fsp3) is 0.238. The summed E-state index contributed by atoms with van der Waals surface area (Å²) in [7, 11) is -2.58. The van der Waals surface area contributed by atoms with Crippen molar-refractivity contribution in [2.75, 3.05) is 17.1 Å². The number of non-ortho nitro benzene ring substituents is 1. The minimum absolute atomic E-state index is 0.0325. The van der Waals surface area contributed by atoms with E-state index < -0.39 is 39.2 Å². The summed E-state index contributed by atoms with van der Waals surface area (Å²) in [5.74, 6) is -2.79. The minimum Gasteiger partial charge on any atom is -0.271 e. The monoisotopic (exact) mass is 485 g/mol. The number of hydrogen-bond donors (Lipinski definition) is 0. The van der Waals surface area contributed by atoms with E-state index in [4.69, 9.17) is 0 Å². The SMILES string of the molecule is Cc1nn(C)c(C)c1N(C(=O)CN1C(=O)c2cccc3cc([N+](=O)[O-])cc(c23)C1=O)S(C)(=O)=O. The van der Waals surface area contributed by atoms with E-state index in [1.54, 1.807) is 14.0 Å². The minimum atomic E-state index is -4.16. The van der Waals surface area contributed by atoms with Crippen LogP contribution in [0.2, 0.25) is 0 Å². The number of carbonyl (C=O) groups is 3. The summed E-state index contributed by atoms with van der Waals surface area (Å²) in [5, 5.41) is 16.0. The molecule has 0 atom stereocenters. The Morgan fingerprint density at radius 3 is 2.35 bits per heavy atom. The van der Waals surface area contributed by atoms with Crippen LogP contribution in [0.25, 0.3) is 10.8 Å². The maximum atomic E-state index is 13.2. The fourth-order valence-electron chi connectivity index (χ4n) is 4.12. The zero-order chi connectivity index (χ0) is 25.1. The van der Waals surface area contributed by atoms with Gasteiger partial charge in [0.1, 0.15) is 12.2 Å². The van der Waals surface area contributed by atoms with E-state index in [1.165, 1.54) is 35.9 Å². The van der Waals surface area contributed by atoms with E-state index in [-0.39, 0.29) is 33.6 Å². The van der Waals surface area contributed by atoms with Crippen LogP contribution in [0.15, 0.2) is 30.3 Å². The van der Waals surface area contributed by atoms with Gasteiger partial charge in [-0.3, -0.25) is 34.1 Å². The summed E-state index contributed by atoms with van der Waals surface area (Å²) in [5.41, 5.74) is 0.290. The first-order valence-electron chi connectivity index (χ1n) is 9.93. The second kappa shape index (κ2) is 7.73. The van der Waals surface area contributed by atoms with Gasteiger partial charge in [-0.15, -0.1) is 0 Å². The van der Waals surface area contributed by atoms with Gasteiger partial charge in [-0.1, -0.05) is 12.1 Å². The Morgan fingerprint density at radius 2 is 1.79 bits per heavy atom. The first-order chi connectivity index (χ1) is 15.8. The third-order valence-electron chi connectivity index (χ3n) is 5.65. The molecular formula is C21H19N5O7S. The number of imide groups is 1. The zero-order valence-corrected chi connectivity index (χ0v) is 19.4. The molecule has 13 heteroatoms. The first kappa shape index (κ1) is 23.0. The molecule has 2 heterocycles. The highest BCUT2D eigenvalue weighted by Gasteiger charge is 2.39. The predicted molar refractivity (Wildman–Crippen MR) is 121 cm³/mol. The van der Waals surface area contributed by atoms with Crippen molar-refractivity contribution < 1.29 is 27.7 Å². The van der Waals surface area contributed by atoms with E-state index in [1.807, 2.05) is 0 Å². The van der Waals surface area contributed by atoms with Gasteiger partial charge in [-0.25, -0.2) is 12.7 Å². The Kier molecular flexibility index (Phi) is 5.24. The molecule has 1 aliphatic heterocycles. The lowest BCUT2D eigenvalue weighted by Gasteiger charge is -2.29. The molecular weight excluding hydrogens is 466 g/mol. The number of benzene rings is 2. The molecule has 1 aliphatic rings. The average molecular weight is 485 g/mol. The van der Waals surface area contributed by atoms with Gasteiger partial charge < -0.3 is 0 Å². The molecule has 0 bridgehead atoms. The smallest absolute Gasteiger partial charge is 0.270 e. The van der Waals surface area contributed by atoms with Crippen LogP contribution >= 0.6 is 0 Å². The molecule has 0 saturated carbocycles. The van der Waals surface area contributed by atoms with Crippen molar-refractivity contribution in [2.45, 2.75) is 13.8 Å². The number of aryl methyl sites for hydroxylation is 2. The van der Waals surface area contributed by atoms with Crippen LogP contribution in [-0.2, 0) is 21.9 Å². The number of nitro groups is 1. The molecule has 176 valence electrons. The molecule has 3 aromatic rings. The van der Waals surface area contributed by atoms with Gasteiger partial charge in [0.2, 0.25) is 10.0 Å². The highest BCUT2D eigenvalue weighted by molar-refractivity contribution is 7.92. The highest BCUT2D eigenvalue weighted by atomic mass is 32.2. The van der Waals surface area contributed by atoms with Gasteiger partial charge >= 0.3 is 0 Å². The number of sulfonamides is 1. The standard InChI is InChI=1S/C21H19N5O7S/c1-11-19(12(2)23(3)22-11)25(34(4,32)33)17(27)10-24-20(28)15-7-5-6-13-8-14(26(30)31)9-16(18(13)15)21(24)29/h5-9H,10H2,1-4H3. The third kappa shape index (κ3) is 3.50. The molecule has 2 aromatic carbocycles. The molecule has 12 nitrogen and oxygen atoms in total. The van der Waals surface area contributed by atoms with Crippen LogP contribution in [0.4, 0.5) is 11.4 Å². The Hall–Kier alpha value is -4.13. The normalized spacial score (nSPS) is 13.5. The Bertz CT molecular complexity index is 1540. The van der Waals surface area contributed by atoms with E-state index >= 15 is 0 Å². The Balaban J connectivity index is 1.81. The number of nitro benzene ring substituents is 1. The summed E-state index contributed by atoms with van der Waals surface area (Å²) in [6.07, 6.45) is 0.829. The number of amides is 3. The first-order valence-corrected chi connectivity index (χ1v) is 11.8. The summed E-state index contributed by atoms with van der Waals surface area (Å²) in [4.78, 5) is 50.9. The summed E-state index contributed by atoms with van der Waals surface area (Å²) in [6.45, 7) is 2.21. The quantitative estimate of drug-likeness (QED) is 0.301. The molecule has 4 rings (SSSR count). The number of nitrogens with zero attached hydrogens (tertiary/aromatic N) is 5. The van der Waals surface area contributed by atoms with Crippen LogP contribution < -0.4 is 4.31 Å². The molecule has 1 aromatic heterocycles. The topological polar surface area (TPSA) is 153 Å². The maximum Gasteiger partial charge on any atom is 0.270 e. The molecule has 0 aliphatic carbocycles. The average Bonchev–Trinajstić information content (AvgIpc) is 2.99. The van der Waals surface area contributed by atoms with Crippen molar-refractivity contribution in [3.8, 4) is 0 Å². The van der Waals surface area contributed by atoms with E-state index in [0.29, 0.717) is 20.3 Å². The molecule has 0 N–H and O–H groups in total. The summed E-state index contributed by atoms with van der Waals surface area (Å²) >= 11 is 0. The van der Waals surface area contributed by atoms with Gasteiger partial charge in [0.15, 0.2) is 0 Å². The van der Waals surface area contributed by atoms with Gasteiger partial charge in [0.25, 0.3) is 23.4 Å². The molecule has 0 unspecified atom stereocenters. The number of rotatable bonds is 5. The van der Waals surface area contributed by atoms with E-state index in [9.17, 15) is 32.9 Å². The number of hydrogen-bond acceptors (Lipinski definition) is 8. The molecule has 0 saturated heterocycles. The van der Waals surface area contributed by atoms with Crippen LogP contribution in [-0.4, -0.2) is 58.5 Å². The summed E-state index contributed by atoms with van der Waals surface area (Å²) in [6, 6.07) is 6.78. The van der Waals surface area contributed by atoms with Gasteiger partial charge in [-0.2, -0.15) is 5.10 Å². The second-order valence-corrected chi connectivity index (χ2v) is 9.75. The predicted octanol–water partition coefficient (Wildman–Crippen LogP) is 1.69. The van der Waals surface area contributed by atoms with Crippen molar-refractivity contribution in [3.63, 3.8) is 0 Å². The molecule has 0 fully saturated rings. The maximum absolute atomic E-state index is 13.2. The van der Waals surface area contributed by atoms with Crippen molar-refractivity contribution >= 4 is 49.9 Å². The van der Waals surface area contributed by atoms with Crippen molar-refractivity contribution in [1.82, 2.24) is 14.7 Å². The van der Waals surface area contributed by atoms with E-state index in [0.717, 1.165) is 12.3 Å². The van der Waals surface area contributed by atoms with Crippen molar-refractivity contribution in [1.29, 1.82) is 0 Å². The van der Waals surface area contributed by atoms with Gasteiger partial charge in [0, 0.05) is 30.1 Å². The van der Waals surface area contributed by atoms with Crippen molar-refractivity contribution in [2.24, 2.45) is 7.05 Å². The number of carbonyl (C=O) groups excluding carboxylic acids is 3. The fourth-order valence-corrected chi connectivity index (χ4v) is 5.15. The van der Waals surface area contributed by atoms with Crippen LogP contribution in [0.1, 0.15) is 32.1 Å². The van der Waals surface area contributed by atoms with E-state index in [2.05, 4.69) is 5.10 Å². The largest absolute Gasteiger partial charge is 0.271 e. The molecule has 3 amide bonds. The lowest BCUT2D eigenvalue weighted by Crippen LogP contribution is -2.49. The number of aromatic nitrogens is 2. The summed E-state index contributed by atoms with van der Waals surface area (Å²) < 4.78 is 27.1. The molecule has 34 heavy (non-hydrogen) atoms. The zero-order valence-electron chi connectivity index (χ0n) is 18.6. The molecule has 0 radical (unpaired) electrons. The number of anilines is 1. The molecule has 0 spiro atoms. The van der Waals surface area contributed by atoms with Crippen LogP contribution in [0.5, 0.6) is 0 Å².